The van der Waals surface area contributed by atoms with Crippen LogP contribution in [-0.2, 0) is 30.6 Å². The van der Waals surface area contributed by atoms with Gasteiger partial charge in [-0.25, -0.2) is 0 Å². The fourth-order valence-electron chi connectivity index (χ4n) is 3.66. The topological polar surface area (TPSA) is 79.5 Å². The molecule has 0 amide bonds. The van der Waals surface area contributed by atoms with Gasteiger partial charge in [0.15, 0.2) is 0 Å². The number of rotatable bonds is 9. The molecule has 0 aliphatic carbocycles. The highest BCUT2D eigenvalue weighted by Crippen LogP contribution is 2.33. The van der Waals surface area contributed by atoms with E-state index in [2.05, 4.69) is 55.1 Å². The fraction of sp³-hybridized carbons (Fsp3) is 0.435. The van der Waals surface area contributed by atoms with E-state index in [-0.39, 0.29) is 6.42 Å². The van der Waals surface area contributed by atoms with Crippen molar-refractivity contribution in [2.24, 2.45) is 0 Å². The van der Waals surface area contributed by atoms with E-state index in [0.717, 1.165) is 46.5 Å². The third kappa shape index (κ3) is 4.96. The summed E-state index contributed by atoms with van der Waals surface area (Å²) in [5, 5.41) is 13.3. The van der Waals surface area contributed by atoms with Crippen molar-refractivity contribution < 1.29 is 14.4 Å². The van der Waals surface area contributed by atoms with Gasteiger partial charge in [0.1, 0.15) is 0 Å². The van der Waals surface area contributed by atoms with Crippen molar-refractivity contribution in [2.75, 3.05) is 14.1 Å². The maximum absolute atomic E-state index is 11.0. The van der Waals surface area contributed by atoms with Gasteiger partial charge in [-0.15, -0.1) is 11.3 Å². The van der Waals surface area contributed by atoms with Crippen LogP contribution >= 0.6 is 11.3 Å². The van der Waals surface area contributed by atoms with Crippen LogP contribution in [0, 0.1) is 6.92 Å². The molecule has 0 unspecified atom stereocenters. The quantitative estimate of drug-likeness (QED) is 0.519. The molecule has 160 valence electrons. The second-order valence-electron chi connectivity index (χ2n) is 7.75. The molecule has 0 aliphatic heterocycles. The maximum atomic E-state index is 11.0. The number of carbonyl (C=O) groups is 1. The zero-order valence-corrected chi connectivity index (χ0v) is 19.1. The minimum absolute atomic E-state index is 0.132. The van der Waals surface area contributed by atoms with Gasteiger partial charge in [0.25, 0.3) is 5.89 Å². The molecule has 0 fully saturated rings. The van der Waals surface area contributed by atoms with Crippen molar-refractivity contribution in [1.29, 1.82) is 0 Å². The highest BCUT2D eigenvalue weighted by Gasteiger charge is 2.18. The molecule has 0 spiro atoms. The maximum Gasteiger partial charge on any atom is 0.303 e. The zero-order chi connectivity index (χ0) is 21.8. The van der Waals surface area contributed by atoms with E-state index < -0.39 is 5.97 Å². The molecule has 2 aromatic heterocycles. The molecule has 6 nitrogen and oxygen atoms in total. The van der Waals surface area contributed by atoms with Crippen LogP contribution in [0.25, 0.3) is 22.2 Å². The minimum atomic E-state index is -0.778. The van der Waals surface area contributed by atoms with E-state index in [9.17, 15) is 4.79 Å². The number of thiophene rings is 1. The van der Waals surface area contributed by atoms with Gasteiger partial charge in [0, 0.05) is 23.4 Å². The molecule has 0 radical (unpaired) electrons. The molecule has 30 heavy (non-hydrogen) atoms. The first-order valence-electron chi connectivity index (χ1n) is 10.3. The number of carboxylic acid groups (broad SMARTS) is 1. The summed E-state index contributed by atoms with van der Waals surface area (Å²) in [5.41, 5.74) is 5.52. The molecular formula is C23H29N3O3S. The Morgan fingerprint density at radius 3 is 2.53 bits per heavy atom. The standard InChI is InChI=1S/C23H29N3O3S/c1-6-15-11-17(10-14(3)18(15)8-9-21(27)28)22-24-23(29-25-22)19-12-16(7-2)20(30-19)13-26(4)5/h10-12H,6-9,13H2,1-5H3,(H,27,28). The van der Waals surface area contributed by atoms with Gasteiger partial charge < -0.3 is 14.5 Å². The Morgan fingerprint density at radius 1 is 1.17 bits per heavy atom. The zero-order valence-electron chi connectivity index (χ0n) is 18.3. The van der Waals surface area contributed by atoms with Gasteiger partial charge in [-0.1, -0.05) is 19.0 Å². The van der Waals surface area contributed by atoms with Crippen LogP contribution in [0.2, 0.25) is 0 Å². The Balaban J connectivity index is 1.92. The lowest BCUT2D eigenvalue weighted by molar-refractivity contribution is -0.136. The van der Waals surface area contributed by atoms with E-state index in [0.29, 0.717) is 18.1 Å². The predicted molar refractivity (Wildman–Crippen MR) is 120 cm³/mol. The number of nitrogens with zero attached hydrogens (tertiary/aromatic N) is 3. The molecule has 0 aliphatic rings. The van der Waals surface area contributed by atoms with E-state index in [1.165, 1.54) is 10.4 Å². The molecule has 3 aromatic rings. The molecular weight excluding hydrogens is 398 g/mol. The summed E-state index contributed by atoms with van der Waals surface area (Å²) < 4.78 is 5.60. The first kappa shape index (κ1) is 22.2. The summed E-state index contributed by atoms with van der Waals surface area (Å²) in [6, 6.07) is 6.23. The van der Waals surface area contributed by atoms with Gasteiger partial charge in [-0.05, 0) is 80.7 Å². The van der Waals surface area contributed by atoms with Crippen LogP contribution in [0.5, 0.6) is 0 Å². The SMILES string of the molecule is CCc1cc(-c2nc(-c3cc(C)c(CCC(=O)O)c(CC)c3)no2)sc1CN(C)C. The molecule has 2 heterocycles. The van der Waals surface area contributed by atoms with Crippen molar-refractivity contribution in [2.45, 2.75) is 53.0 Å². The van der Waals surface area contributed by atoms with Gasteiger partial charge in [-0.3, -0.25) is 4.79 Å². The monoisotopic (exact) mass is 427 g/mol. The van der Waals surface area contributed by atoms with Crippen LogP contribution in [-0.4, -0.2) is 40.2 Å². The van der Waals surface area contributed by atoms with Crippen molar-refractivity contribution in [3.8, 4) is 22.2 Å². The summed E-state index contributed by atoms with van der Waals surface area (Å²) in [6.07, 6.45) is 2.46. The molecule has 3 rings (SSSR count). The molecule has 0 atom stereocenters. The normalized spacial score (nSPS) is 11.4. The predicted octanol–water partition coefficient (Wildman–Crippen LogP) is 4.98. The molecule has 1 N–H and O–H groups in total. The van der Waals surface area contributed by atoms with Crippen LogP contribution in [0.4, 0.5) is 0 Å². The fourth-order valence-corrected chi connectivity index (χ4v) is 4.95. The second-order valence-corrected chi connectivity index (χ2v) is 8.89. The third-order valence-corrected chi connectivity index (χ3v) is 6.32. The highest BCUT2D eigenvalue weighted by molar-refractivity contribution is 7.15. The van der Waals surface area contributed by atoms with Gasteiger partial charge in [0.2, 0.25) is 5.82 Å². The van der Waals surface area contributed by atoms with Crippen molar-refractivity contribution >= 4 is 17.3 Å². The number of benzene rings is 1. The van der Waals surface area contributed by atoms with Crippen LogP contribution in [0.3, 0.4) is 0 Å². The first-order chi connectivity index (χ1) is 14.3. The number of aryl methyl sites for hydroxylation is 3. The van der Waals surface area contributed by atoms with E-state index in [1.807, 2.05) is 13.0 Å². The van der Waals surface area contributed by atoms with Crippen LogP contribution < -0.4 is 0 Å². The number of carboxylic acids is 1. The molecule has 0 bridgehead atoms. The number of aromatic nitrogens is 2. The summed E-state index contributed by atoms with van der Waals surface area (Å²) >= 11 is 1.70. The number of aliphatic carboxylic acids is 1. The van der Waals surface area contributed by atoms with E-state index >= 15 is 0 Å². The Kier molecular flexibility index (Phi) is 7.05. The van der Waals surface area contributed by atoms with E-state index in [1.54, 1.807) is 11.3 Å². The third-order valence-electron chi connectivity index (χ3n) is 5.17. The number of hydrogen-bond donors (Lipinski definition) is 1. The second kappa shape index (κ2) is 9.53. The smallest absolute Gasteiger partial charge is 0.303 e. The minimum Gasteiger partial charge on any atom is -0.481 e. The Bertz CT molecular complexity index is 1040. The molecule has 1 aromatic carbocycles. The van der Waals surface area contributed by atoms with Gasteiger partial charge in [0.05, 0.1) is 4.88 Å². The van der Waals surface area contributed by atoms with Gasteiger partial charge >= 0.3 is 5.97 Å². The molecule has 7 heteroatoms. The molecule has 0 saturated heterocycles. The average Bonchev–Trinajstić information content (AvgIpc) is 3.32. The lowest BCUT2D eigenvalue weighted by Crippen LogP contribution is -2.10. The Hall–Kier alpha value is -2.51. The average molecular weight is 428 g/mol. The summed E-state index contributed by atoms with van der Waals surface area (Å²) in [5.74, 6) is 0.327. The lowest BCUT2D eigenvalue weighted by atomic mass is 9.93. The van der Waals surface area contributed by atoms with Crippen LogP contribution in [0.1, 0.15) is 47.4 Å². The highest BCUT2D eigenvalue weighted by atomic mass is 32.1. The molecule has 0 saturated carbocycles. The Morgan fingerprint density at radius 2 is 1.90 bits per heavy atom. The summed E-state index contributed by atoms with van der Waals surface area (Å²) in [4.78, 5) is 20.1. The summed E-state index contributed by atoms with van der Waals surface area (Å²) in [7, 11) is 4.13. The van der Waals surface area contributed by atoms with Crippen LogP contribution in [0.15, 0.2) is 22.7 Å². The van der Waals surface area contributed by atoms with Crippen molar-refractivity contribution in [3.63, 3.8) is 0 Å². The first-order valence-corrected chi connectivity index (χ1v) is 11.1. The largest absolute Gasteiger partial charge is 0.481 e. The number of hydrogen-bond acceptors (Lipinski definition) is 6. The van der Waals surface area contributed by atoms with Crippen molar-refractivity contribution in [1.82, 2.24) is 15.0 Å². The lowest BCUT2D eigenvalue weighted by Gasteiger charge is -2.12. The van der Waals surface area contributed by atoms with E-state index in [4.69, 9.17) is 9.63 Å². The van der Waals surface area contributed by atoms with Gasteiger partial charge in [-0.2, -0.15) is 4.98 Å². The Labute approximate surface area is 181 Å². The summed E-state index contributed by atoms with van der Waals surface area (Å²) in [6.45, 7) is 7.15. The van der Waals surface area contributed by atoms with Crippen molar-refractivity contribution in [3.05, 3.63) is 45.3 Å².